The van der Waals surface area contributed by atoms with Crippen LogP contribution in [0.2, 0.25) is 0 Å². The van der Waals surface area contributed by atoms with E-state index in [-0.39, 0.29) is 41.3 Å². The zero-order valence-electron chi connectivity index (χ0n) is 29.5. The molecule has 3 fully saturated rings. The predicted molar refractivity (Wildman–Crippen MR) is 190 cm³/mol. The van der Waals surface area contributed by atoms with Crippen molar-refractivity contribution in [2.45, 2.75) is 109 Å². The molecule has 1 amide bonds. The highest BCUT2D eigenvalue weighted by molar-refractivity contribution is 5.68. The van der Waals surface area contributed by atoms with Crippen LogP contribution in [0.3, 0.4) is 0 Å². The van der Waals surface area contributed by atoms with Gasteiger partial charge in [-0.15, -0.1) is 0 Å². The number of ether oxygens (including phenoxy) is 2. The smallest absolute Gasteiger partial charge is 0.410 e. The molecule has 2 heterocycles. The molecule has 1 spiro atoms. The molecular weight excluding hydrogens is 604 g/mol. The molecule has 0 radical (unpaired) electrons. The van der Waals surface area contributed by atoms with Crippen LogP contribution >= 0.6 is 0 Å². The molecule has 6 rings (SSSR count). The first-order chi connectivity index (χ1) is 23.3. The van der Waals surface area contributed by atoms with Crippen LogP contribution < -0.4 is 4.74 Å². The third kappa shape index (κ3) is 7.05. The second kappa shape index (κ2) is 15.7. The normalized spacial score (nSPS) is 23.9. The van der Waals surface area contributed by atoms with Gasteiger partial charge in [0.25, 0.3) is 0 Å². The Bertz CT molecular complexity index is 1470. The summed E-state index contributed by atoms with van der Waals surface area (Å²) in [5.41, 5.74) is 2.83. The monoisotopic (exact) mass is 660 g/mol. The first-order valence-corrected chi connectivity index (χ1v) is 18.3. The molecule has 2 saturated carbocycles. The Kier molecular flexibility index (Phi) is 11.7. The van der Waals surface area contributed by atoms with Crippen molar-refractivity contribution < 1.29 is 29.6 Å². The van der Waals surface area contributed by atoms with Crippen molar-refractivity contribution in [3.63, 3.8) is 0 Å². The van der Waals surface area contributed by atoms with Crippen molar-refractivity contribution in [3.05, 3.63) is 70.8 Å². The van der Waals surface area contributed by atoms with Crippen LogP contribution in [0.5, 0.6) is 23.0 Å². The number of amides is 1. The molecular formula is C40H56N2O6. The number of allylic oxidation sites excluding steroid dienone is 2. The molecule has 8 nitrogen and oxygen atoms in total. The fraction of sp³-hybridized carbons (Fsp3) is 0.575. The van der Waals surface area contributed by atoms with Gasteiger partial charge in [-0.2, -0.15) is 0 Å². The average Bonchev–Trinajstić information content (AvgIpc) is 3.11. The summed E-state index contributed by atoms with van der Waals surface area (Å²) in [5.74, 6) is 1.21. The molecule has 2 atom stereocenters. The van der Waals surface area contributed by atoms with Gasteiger partial charge in [0, 0.05) is 72.9 Å². The molecule has 1 saturated heterocycles. The molecule has 2 unspecified atom stereocenters. The summed E-state index contributed by atoms with van der Waals surface area (Å²) in [4.78, 5) is 16.7. The van der Waals surface area contributed by atoms with Gasteiger partial charge in [-0.1, -0.05) is 70.7 Å². The molecule has 2 aliphatic heterocycles. The molecule has 2 aromatic rings. The topological polar surface area (TPSA) is 103 Å². The summed E-state index contributed by atoms with van der Waals surface area (Å²) in [6.45, 7) is 11.1. The van der Waals surface area contributed by atoms with Gasteiger partial charge in [0.15, 0.2) is 0 Å². The van der Waals surface area contributed by atoms with E-state index in [2.05, 4.69) is 24.0 Å². The summed E-state index contributed by atoms with van der Waals surface area (Å²) in [7, 11) is 0. The average molecular weight is 661 g/mol. The summed E-state index contributed by atoms with van der Waals surface area (Å²) in [6.07, 6.45) is 16.2. The van der Waals surface area contributed by atoms with Crippen molar-refractivity contribution in [2.75, 3.05) is 32.8 Å². The van der Waals surface area contributed by atoms with Crippen LogP contribution in [0.25, 0.3) is 0 Å². The third-order valence-electron chi connectivity index (χ3n) is 11.0. The number of benzene rings is 2. The van der Waals surface area contributed by atoms with E-state index in [1.54, 1.807) is 17.0 Å². The van der Waals surface area contributed by atoms with Crippen LogP contribution in [0, 0.1) is 5.92 Å². The molecule has 48 heavy (non-hydrogen) atoms. The molecule has 8 heteroatoms. The Hall–Kier alpha value is -3.65. The van der Waals surface area contributed by atoms with Crippen LogP contribution in [0.15, 0.2) is 54.1 Å². The first kappa shape index (κ1) is 35.7. The van der Waals surface area contributed by atoms with Crippen LogP contribution in [0.4, 0.5) is 4.79 Å². The Balaban J connectivity index is 0.00000221. The summed E-state index contributed by atoms with van der Waals surface area (Å²) < 4.78 is 12.6. The maximum atomic E-state index is 12.8. The zero-order chi connectivity index (χ0) is 34.3. The van der Waals surface area contributed by atoms with Gasteiger partial charge in [0.05, 0.1) is 0 Å². The van der Waals surface area contributed by atoms with Crippen molar-refractivity contribution in [1.82, 2.24) is 9.80 Å². The van der Waals surface area contributed by atoms with Crippen molar-refractivity contribution in [2.24, 2.45) is 5.92 Å². The number of phenols is 3. The van der Waals surface area contributed by atoms with E-state index in [9.17, 15) is 20.1 Å². The second-order valence-corrected chi connectivity index (χ2v) is 13.7. The highest BCUT2D eigenvalue weighted by Gasteiger charge is 2.59. The fourth-order valence-corrected chi connectivity index (χ4v) is 8.71. The highest BCUT2D eigenvalue weighted by Crippen LogP contribution is 2.64. The molecule has 2 aliphatic carbocycles. The lowest BCUT2D eigenvalue weighted by Crippen LogP contribution is -2.57. The second-order valence-electron chi connectivity index (χ2n) is 13.7. The Morgan fingerprint density at radius 3 is 2.38 bits per heavy atom. The fourth-order valence-electron chi connectivity index (χ4n) is 8.71. The number of hydrogen-bond acceptors (Lipinski definition) is 7. The van der Waals surface area contributed by atoms with Crippen molar-refractivity contribution in [1.29, 1.82) is 0 Å². The van der Waals surface area contributed by atoms with E-state index in [1.807, 2.05) is 39.0 Å². The number of phenolic OH excluding ortho intramolecular Hbond substituents is 3. The van der Waals surface area contributed by atoms with E-state index in [1.165, 1.54) is 18.1 Å². The van der Waals surface area contributed by atoms with Crippen LogP contribution in [0.1, 0.15) is 109 Å². The quantitative estimate of drug-likeness (QED) is 0.256. The maximum absolute atomic E-state index is 12.8. The Morgan fingerprint density at radius 1 is 0.938 bits per heavy atom. The van der Waals surface area contributed by atoms with E-state index < -0.39 is 5.60 Å². The standard InChI is InChI=1S/C38H50N2O6.C2H6/c1-3-5-11-27(4-2)26-45-36(44)40-20-18-39(19-21-40)25-28-22-31(33(43)24-32(28)42)38-17-10-7-12-35(38)37(15-8-6-9-16-37)30-14-13-29(41)23-34(30)46-38;1-2/h4-5,11,13-14,22-24,35,41-43H,3,6-10,12,15-21,25-26H2,1-2H3;1-2H3/b11-5-,27-4+;. The minimum atomic E-state index is -0.747. The molecule has 3 N–H and O–H groups in total. The van der Waals surface area contributed by atoms with E-state index in [4.69, 9.17) is 9.47 Å². The molecule has 4 aliphatic rings. The van der Waals surface area contributed by atoms with Gasteiger partial charge in [0.1, 0.15) is 35.2 Å². The van der Waals surface area contributed by atoms with Gasteiger partial charge in [-0.3, -0.25) is 4.90 Å². The largest absolute Gasteiger partial charge is 0.508 e. The van der Waals surface area contributed by atoms with Gasteiger partial charge in [-0.25, -0.2) is 4.79 Å². The molecule has 0 bridgehead atoms. The number of rotatable bonds is 7. The maximum Gasteiger partial charge on any atom is 0.410 e. The van der Waals surface area contributed by atoms with Gasteiger partial charge < -0.3 is 29.7 Å². The number of nitrogens with zero attached hydrogens (tertiary/aromatic N) is 2. The van der Waals surface area contributed by atoms with Crippen LogP contribution in [-0.2, 0) is 22.3 Å². The minimum absolute atomic E-state index is 0.0598. The van der Waals surface area contributed by atoms with E-state index >= 15 is 0 Å². The molecule has 2 aromatic carbocycles. The predicted octanol–water partition coefficient (Wildman–Crippen LogP) is 8.68. The van der Waals surface area contributed by atoms with Gasteiger partial charge in [-0.05, 0) is 63.2 Å². The lowest BCUT2D eigenvalue weighted by atomic mass is 9.51. The Morgan fingerprint density at radius 2 is 1.67 bits per heavy atom. The summed E-state index contributed by atoms with van der Waals surface area (Å²) >= 11 is 0. The number of carbonyl (C=O) groups excluding carboxylic acids is 1. The van der Waals surface area contributed by atoms with Crippen LogP contribution in [-0.4, -0.2) is 64.0 Å². The molecule has 262 valence electrons. The Labute approximate surface area is 287 Å². The third-order valence-corrected chi connectivity index (χ3v) is 11.0. The van der Waals surface area contributed by atoms with E-state index in [0.717, 1.165) is 80.2 Å². The number of piperazine rings is 1. The SMILES string of the molecule is C/C=C(\C=C/CC)COC(=O)N1CCN(Cc2cc(C34CCCCC3C3(CCCCC3)c3ccc(O)cc3O4)c(O)cc2O)CC1.CC. The number of hydrogen-bond donors (Lipinski definition) is 3. The van der Waals surface area contributed by atoms with Gasteiger partial charge >= 0.3 is 6.09 Å². The minimum Gasteiger partial charge on any atom is -0.508 e. The van der Waals surface area contributed by atoms with Crippen molar-refractivity contribution in [3.8, 4) is 23.0 Å². The molecule has 0 aromatic heterocycles. The first-order valence-electron chi connectivity index (χ1n) is 18.3. The summed E-state index contributed by atoms with van der Waals surface area (Å²) in [6, 6.07) is 9.06. The van der Waals surface area contributed by atoms with Gasteiger partial charge in [0.2, 0.25) is 0 Å². The number of carbonyl (C=O) groups is 1. The number of fused-ring (bicyclic) bond motifs is 4. The highest BCUT2D eigenvalue weighted by atomic mass is 16.6. The lowest BCUT2D eigenvalue weighted by Gasteiger charge is -2.58. The van der Waals surface area contributed by atoms with E-state index in [0.29, 0.717) is 32.7 Å². The zero-order valence-corrected chi connectivity index (χ0v) is 29.5. The van der Waals surface area contributed by atoms with Crippen molar-refractivity contribution >= 4 is 6.09 Å². The summed E-state index contributed by atoms with van der Waals surface area (Å²) in [5, 5.41) is 33.0. The lowest BCUT2D eigenvalue weighted by molar-refractivity contribution is -0.0961. The number of aromatic hydroxyl groups is 3.